The number of carbonyl (C=O) groups excluding carboxylic acids is 2. The van der Waals surface area contributed by atoms with Gasteiger partial charge in [0.25, 0.3) is 0 Å². The molecule has 0 spiro atoms. The average Bonchev–Trinajstić information content (AvgIpc) is 2.22. The van der Waals surface area contributed by atoms with Crippen LogP contribution in [0.5, 0.6) is 0 Å². The van der Waals surface area contributed by atoms with Crippen LogP contribution in [0.1, 0.15) is 26.7 Å². The Morgan fingerprint density at radius 2 is 2.47 bits per heavy atom. The van der Waals surface area contributed by atoms with Crippen molar-refractivity contribution in [1.82, 2.24) is 10.6 Å². The van der Waals surface area contributed by atoms with E-state index in [0.717, 1.165) is 6.42 Å². The lowest BCUT2D eigenvalue weighted by Crippen LogP contribution is -2.50. The summed E-state index contributed by atoms with van der Waals surface area (Å²) in [7, 11) is 0. The van der Waals surface area contributed by atoms with Gasteiger partial charge in [0.05, 0.1) is 6.61 Å². The van der Waals surface area contributed by atoms with E-state index in [0.29, 0.717) is 19.6 Å². The smallest absolute Gasteiger partial charge is 0.322 e. The molecule has 0 aromatic heterocycles. The monoisotopic (exact) mass is 214 g/mol. The van der Waals surface area contributed by atoms with Gasteiger partial charge in [-0.1, -0.05) is 0 Å². The first-order chi connectivity index (χ1) is 7.13. The molecule has 0 saturated carbocycles. The van der Waals surface area contributed by atoms with Gasteiger partial charge >= 0.3 is 5.97 Å². The number of hydrogen-bond donors (Lipinski definition) is 2. The van der Waals surface area contributed by atoms with Crippen LogP contribution in [0.2, 0.25) is 0 Å². The predicted molar refractivity (Wildman–Crippen MR) is 55.3 cm³/mol. The maximum atomic E-state index is 11.3. The predicted octanol–water partition coefficient (Wildman–Crippen LogP) is -0.194. The molecule has 1 fully saturated rings. The van der Waals surface area contributed by atoms with Crippen LogP contribution >= 0.6 is 0 Å². The summed E-state index contributed by atoms with van der Waals surface area (Å²) < 4.78 is 4.88. The van der Waals surface area contributed by atoms with Crippen LogP contribution in [0.25, 0.3) is 0 Å². The molecule has 5 heteroatoms. The van der Waals surface area contributed by atoms with Gasteiger partial charge in [0.2, 0.25) is 5.91 Å². The SMILES string of the molecule is CCOC(=O)C(C)NC1CCC(=O)NC1. The van der Waals surface area contributed by atoms with Gasteiger partial charge in [-0.05, 0) is 20.3 Å². The molecule has 0 radical (unpaired) electrons. The maximum absolute atomic E-state index is 11.3. The van der Waals surface area contributed by atoms with Gasteiger partial charge in [0, 0.05) is 19.0 Å². The van der Waals surface area contributed by atoms with Gasteiger partial charge < -0.3 is 15.4 Å². The van der Waals surface area contributed by atoms with Crippen LogP contribution < -0.4 is 10.6 Å². The Morgan fingerprint density at radius 3 is 3.00 bits per heavy atom. The van der Waals surface area contributed by atoms with Crippen molar-refractivity contribution in [2.24, 2.45) is 0 Å². The topological polar surface area (TPSA) is 67.4 Å². The fraction of sp³-hybridized carbons (Fsp3) is 0.800. The zero-order valence-electron chi connectivity index (χ0n) is 9.21. The molecule has 0 aromatic rings. The molecule has 1 saturated heterocycles. The molecule has 2 N–H and O–H groups in total. The summed E-state index contributed by atoms with van der Waals surface area (Å²) in [6.45, 7) is 4.54. The first-order valence-electron chi connectivity index (χ1n) is 5.33. The molecule has 1 amide bonds. The molecular formula is C10H18N2O3. The normalized spacial score (nSPS) is 23.1. The van der Waals surface area contributed by atoms with E-state index in [1.165, 1.54) is 0 Å². The van der Waals surface area contributed by atoms with E-state index in [4.69, 9.17) is 4.74 Å². The lowest BCUT2D eigenvalue weighted by atomic mass is 10.1. The minimum atomic E-state index is -0.315. The molecule has 0 bridgehead atoms. The maximum Gasteiger partial charge on any atom is 0.322 e. The minimum Gasteiger partial charge on any atom is -0.465 e. The molecule has 0 aromatic carbocycles. The van der Waals surface area contributed by atoms with Crippen LogP contribution in [-0.2, 0) is 14.3 Å². The van der Waals surface area contributed by atoms with Crippen LogP contribution in [0.4, 0.5) is 0 Å². The van der Waals surface area contributed by atoms with Gasteiger partial charge in [0.15, 0.2) is 0 Å². The molecule has 2 atom stereocenters. The van der Waals surface area contributed by atoms with E-state index < -0.39 is 0 Å². The van der Waals surface area contributed by atoms with Crippen molar-refractivity contribution in [3.8, 4) is 0 Å². The number of amides is 1. The molecule has 0 aliphatic carbocycles. The summed E-state index contributed by atoms with van der Waals surface area (Å²) in [5, 5.41) is 5.89. The average molecular weight is 214 g/mol. The second kappa shape index (κ2) is 5.70. The van der Waals surface area contributed by atoms with E-state index >= 15 is 0 Å². The fourth-order valence-electron chi connectivity index (χ4n) is 1.56. The molecule has 1 aliphatic heterocycles. The summed E-state index contributed by atoms with van der Waals surface area (Å²) in [6, 6.07) is -0.146. The van der Waals surface area contributed by atoms with E-state index in [1.807, 2.05) is 0 Å². The molecule has 1 heterocycles. The van der Waals surface area contributed by atoms with Crippen molar-refractivity contribution in [3.05, 3.63) is 0 Å². The van der Waals surface area contributed by atoms with E-state index in [-0.39, 0.29) is 24.0 Å². The Kier molecular flexibility index (Phi) is 4.55. The molecule has 86 valence electrons. The Balaban J connectivity index is 2.28. The third-order valence-corrected chi connectivity index (χ3v) is 2.39. The highest BCUT2D eigenvalue weighted by molar-refractivity contribution is 5.77. The summed E-state index contributed by atoms with van der Waals surface area (Å²) in [4.78, 5) is 22.2. The van der Waals surface area contributed by atoms with Gasteiger partial charge in [-0.25, -0.2) is 0 Å². The molecule has 1 aliphatic rings. The van der Waals surface area contributed by atoms with Gasteiger partial charge in [-0.2, -0.15) is 0 Å². The second-order valence-electron chi connectivity index (χ2n) is 3.68. The Bertz CT molecular complexity index is 233. The zero-order valence-corrected chi connectivity index (χ0v) is 9.21. The number of rotatable bonds is 4. The first-order valence-corrected chi connectivity index (χ1v) is 5.33. The molecule has 15 heavy (non-hydrogen) atoms. The van der Waals surface area contributed by atoms with Crippen LogP contribution in [0.3, 0.4) is 0 Å². The van der Waals surface area contributed by atoms with Gasteiger partial charge in [-0.15, -0.1) is 0 Å². The van der Waals surface area contributed by atoms with Gasteiger partial charge in [0.1, 0.15) is 6.04 Å². The van der Waals surface area contributed by atoms with Crippen molar-refractivity contribution >= 4 is 11.9 Å². The number of esters is 1. The Morgan fingerprint density at radius 1 is 1.73 bits per heavy atom. The van der Waals surface area contributed by atoms with E-state index in [9.17, 15) is 9.59 Å². The Hall–Kier alpha value is -1.10. The summed E-state index contributed by atoms with van der Waals surface area (Å²) in [6.07, 6.45) is 1.29. The van der Waals surface area contributed by atoms with Crippen molar-refractivity contribution in [3.63, 3.8) is 0 Å². The molecule has 5 nitrogen and oxygen atoms in total. The third-order valence-electron chi connectivity index (χ3n) is 2.39. The van der Waals surface area contributed by atoms with Crippen molar-refractivity contribution in [1.29, 1.82) is 0 Å². The van der Waals surface area contributed by atoms with Crippen LogP contribution in [-0.4, -0.2) is 37.1 Å². The summed E-state index contributed by atoms with van der Waals surface area (Å²) >= 11 is 0. The van der Waals surface area contributed by atoms with Crippen molar-refractivity contribution in [2.45, 2.75) is 38.8 Å². The van der Waals surface area contributed by atoms with Gasteiger partial charge in [-0.3, -0.25) is 9.59 Å². The molecule has 1 rings (SSSR count). The van der Waals surface area contributed by atoms with E-state index in [1.54, 1.807) is 13.8 Å². The number of carbonyl (C=O) groups is 2. The quantitative estimate of drug-likeness (QED) is 0.636. The standard InChI is InChI=1S/C10H18N2O3/c1-3-15-10(14)7(2)12-8-4-5-9(13)11-6-8/h7-8,12H,3-6H2,1-2H3,(H,11,13). The summed E-state index contributed by atoms with van der Waals surface area (Å²) in [5.74, 6) is -0.161. The number of piperidine rings is 1. The second-order valence-corrected chi connectivity index (χ2v) is 3.68. The molecule has 2 unspecified atom stereocenters. The Labute approximate surface area is 89.6 Å². The number of nitrogens with one attached hydrogen (secondary N) is 2. The molecular weight excluding hydrogens is 196 g/mol. The van der Waals surface area contributed by atoms with Crippen LogP contribution in [0.15, 0.2) is 0 Å². The van der Waals surface area contributed by atoms with E-state index in [2.05, 4.69) is 10.6 Å². The number of ether oxygens (including phenoxy) is 1. The lowest BCUT2D eigenvalue weighted by Gasteiger charge is -2.26. The largest absolute Gasteiger partial charge is 0.465 e. The highest BCUT2D eigenvalue weighted by Gasteiger charge is 2.22. The fourth-order valence-corrected chi connectivity index (χ4v) is 1.56. The third kappa shape index (κ3) is 3.87. The number of hydrogen-bond acceptors (Lipinski definition) is 4. The highest BCUT2D eigenvalue weighted by Crippen LogP contribution is 2.04. The minimum absolute atomic E-state index is 0.0804. The highest BCUT2D eigenvalue weighted by atomic mass is 16.5. The van der Waals surface area contributed by atoms with Crippen molar-refractivity contribution < 1.29 is 14.3 Å². The first kappa shape index (κ1) is 12.0. The summed E-state index contributed by atoms with van der Waals surface area (Å²) in [5.41, 5.74) is 0. The van der Waals surface area contributed by atoms with Crippen molar-refractivity contribution in [2.75, 3.05) is 13.2 Å². The lowest BCUT2D eigenvalue weighted by molar-refractivity contribution is -0.145. The van der Waals surface area contributed by atoms with Crippen LogP contribution in [0, 0.1) is 0 Å². The zero-order chi connectivity index (χ0) is 11.3.